The number of nitrogens with two attached hydrogens (primary N) is 1. The van der Waals surface area contributed by atoms with Crippen LogP contribution in [0.4, 0.5) is 0 Å². The van der Waals surface area contributed by atoms with Gasteiger partial charge in [0.05, 0.1) is 11.5 Å². The predicted octanol–water partition coefficient (Wildman–Crippen LogP) is 1.41. The molecule has 6 heteroatoms. The van der Waals surface area contributed by atoms with Crippen molar-refractivity contribution in [1.29, 1.82) is 0 Å². The molecule has 0 bridgehead atoms. The average Bonchev–Trinajstić information content (AvgIpc) is 3.21. The minimum Gasteiger partial charge on any atom is -0.380 e. The Morgan fingerprint density at radius 3 is 2.85 bits per heavy atom. The molecule has 5 nitrogen and oxygen atoms in total. The van der Waals surface area contributed by atoms with E-state index in [1.807, 2.05) is 13.0 Å². The Balaban J connectivity index is 1.80. The number of hydrogen-bond donors (Lipinski definition) is 2. The average molecular weight is 298 g/mol. The van der Waals surface area contributed by atoms with Crippen LogP contribution in [0.15, 0.2) is 29.2 Å². The second-order valence-corrected chi connectivity index (χ2v) is 6.87. The lowest BCUT2D eigenvalue weighted by Crippen LogP contribution is -2.24. The fourth-order valence-corrected chi connectivity index (χ4v) is 2.53. The van der Waals surface area contributed by atoms with Gasteiger partial charge in [-0.25, -0.2) is 13.6 Å². The number of rotatable bonds is 8. The lowest BCUT2D eigenvalue weighted by Gasteiger charge is -2.15. The molecule has 20 heavy (non-hydrogen) atoms. The zero-order chi connectivity index (χ0) is 14.6. The second-order valence-electron chi connectivity index (χ2n) is 5.31. The Morgan fingerprint density at radius 2 is 2.20 bits per heavy atom. The smallest absolute Gasteiger partial charge is 0.238 e. The van der Waals surface area contributed by atoms with Crippen molar-refractivity contribution in [2.24, 2.45) is 11.1 Å². The Hall–Kier alpha value is -0.950. The van der Waals surface area contributed by atoms with E-state index in [1.165, 1.54) is 18.9 Å². The first-order valence-corrected chi connectivity index (χ1v) is 8.45. The number of benzene rings is 1. The quantitative estimate of drug-likeness (QED) is 0.711. The predicted molar refractivity (Wildman–Crippen MR) is 77.8 cm³/mol. The molecule has 0 spiro atoms. The summed E-state index contributed by atoms with van der Waals surface area (Å²) in [6, 6.07) is 6.76. The molecule has 1 atom stereocenters. The van der Waals surface area contributed by atoms with Crippen molar-refractivity contribution in [2.45, 2.75) is 30.7 Å². The highest BCUT2D eigenvalue weighted by atomic mass is 32.2. The van der Waals surface area contributed by atoms with E-state index in [-0.39, 0.29) is 10.9 Å². The van der Waals surface area contributed by atoms with Crippen LogP contribution in [0.2, 0.25) is 0 Å². The maximum Gasteiger partial charge on any atom is 0.238 e. The monoisotopic (exact) mass is 298 g/mol. The molecule has 1 unspecified atom stereocenters. The molecule has 0 heterocycles. The lowest BCUT2D eigenvalue weighted by molar-refractivity contribution is 0.124. The molecule has 0 radical (unpaired) electrons. The van der Waals surface area contributed by atoms with Crippen molar-refractivity contribution in [1.82, 2.24) is 5.32 Å². The first-order valence-electron chi connectivity index (χ1n) is 6.90. The van der Waals surface area contributed by atoms with Crippen LogP contribution >= 0.6 is 0 Å². The first kappa shape index (κ1) is 15.4. The molecule has 0 amide bonds. The Kier molecular flexibility index (Phi) is 5.15. The number of sulfonamides is 1. The van der Waals surface area contributed by atoms with Gasteiger partial charge in [-0.15, -0.1) is 0 Å². The summed E-state index contributed by atoms with van der Waals surface area (Å²) in [5, 5.41) is 8.44. The Labute approximate surface area is 120 Å². The molecule has 1 aliphatic carbocycles. The van der Waals surface area contributed by atoms with Crippen LogP contribution < -0.4 is 10.5 Å². The van der Waals surface area contributed by atoms with Crippen molar-refractivity contribution >= 4 is 10.0 Å². The van der Waals surface area contributed by atoms with Gasteiger partial charge in [-0.1, -0.05) is 12.1 Å². The van der Waals surface area contributed by atoms with Crippen LogP contribution in [-0.2, 0) is 14.8 Å². The van der Waals surface area contributed by atoms with Gasteiger partial charge >= 0.3 is 0 Å². The number of hydrogen-bond acceptors (Lipinski definition) is 4. The highest BCUT2D eigenvalue weighted by Crippen LogP contribution is 2.28. The molecular weight excluding hydrogens is 276 g/mol. The highest BCUT2D eigenvalue weighted by molar-refractivity contribution is 7.89. The normalized spacial score (nSPS) is 17.1. The minimum atomic E-state index is -3.64. The van der Waals surface area contributed by atoms with Gasteiger partial charge in [-0.05, 0) is 43.4 Å². The maximum absolute atomic E-state index is 11.3. The van der Waals surface area contributed by atoms with E-state index >= 15 is 0 Å². The third-order valence-electron chi connectivity index (χ3n) is 3.43. The largest absolute Gasteiger partial charge is 0.380 e. The zero-order valence-electron chi connectivity index (χ0n) is 11.7. The van der Waals surface area contributed by atoms with E-state index < -0.39 is 10.0 Å². The second kappa shape index (κ2) is 6.67. The molecule has 1 aliphatic rings. The SMILES string of the molecule is CC(NCCOCC1CC1)c1cccc(S(N)(=O)=O)c1. The molecule has 2 rings (SSSR count). The molecule has 1 fully saturated rings. The van der Waals surface area contributed by atoms with Gasteiger partial charge in [0.2, 0.25) is 10.0 Å². The molecule has 0 saturated heterocycles. The molecule has 0 aliphatic heterocycles. The number of primary sulfonamides is 1. The summed E-state index contributed by atoms with van der Waals surface area (Å²) in [6.45, 7) is 4.27. The van der Waals surface area contributed by atoms with E-state index in [1.54, 1.807) is 12.1 Å². The molecule has 1 aromatic carbocycles. The third kappa shape index (κ3) is 4.86. The molecule has 3 N–H and O–H groups in total. The fourth-order valence-electron chi connectivity index (χ4n) is 1.96. The lowest BCUT2D eigenvalue weighted by atomic mass is 10.1. The standard InChI is InChI=1S/C14H22N2O3S/c1-11(16-7-8-19-10-12-5-6-12)13-3-2-4-14(9-13)20(15,17)18/h2-4,9,11-12,16H,5-8,10H2,1H3,(H2,15,17,18). The van der Waals surface area contributed by atoms with E-state index in [9.17, 15) is 8.42 Å². The first-order chi connectivity index (χ1) is 9.47. The van der Waals surface area contributed by atoms with Crippen molar-refractivity contribution in [3.8, 4) is 0 Å². The molecule has 112 valence electrons. The van der Waals surface area contributed by atoms with Gasteiger partial charge in [0.25, 0.3) is 0 Å². The summed E-state index contributed by atoms with van der Waals surface area (Å²) in [4.78, 5) is 0.147. The molecule has 0 aromatic heterocycles. The molecule has 1 aromatic rings. The van der Waals surface area contributed by atoms with Crippen LogP contribution in [0.25, 0.3) is 0 Å². The third-order valence-corrected chi connectivity index (χ3v) is 4.35. The van der Waals surface area contributed by atoms with Gasteiger partial charge < -0.3 is 10.1 Å². The van der Waals surface area contributed by atoms with Crippen molar-refractivity contribution in [3.63, 3.8) is 0 Å². The van der Waals surface area contributed by atoms with Gasteiger partial charge in [0, 0.05) is 19.2 Å². The van der Waals surface area contributed by atoms with Crippen LogP contribution in [0.5, 0.6) is 0 Å². The Morgan fingerprint density at radius 1 is 1.45 bits per heavy atom. The van der Waals surface area contributed by atoms with Crippen LogP contribution in [0.3, 0.4) is 0 Å². The van der Waals surface area contributed by atoms with Gasteiger partial charge in [0.1, 0.15) is 0 Å². The van der Waals surface area contributed by atoms with Crippen LogP contribution in [0, 0.1) is 5.92 Å². The molecule has 1 saturated carbocycles. The van der Waals surface area contributed by atoms with Gasteiger partial charge in [-0.3, -0.25) is 0 Å². The van der Waals surface area contributed by atoms with E-state index in [4.69, 9.17) is 9.88 Å². The van der Waals surface area contributed by atoms with Crippen molar-refractivity contribution in [3.05, 3.63) is 29.8 Å². The summed E-state index contributed by atoms with van der Waals surface area (Å²) in [7, 11) is -3.64. The summed E-state index contributed by atoms with van der Waals surface area (Å²) in [5.41, 5.74) is 0.902. The summed E-state index contributed by atoms with van der Waals surface area (Å²) < 4.78 is 28.2. The minimum absolute atomic E-state index is 0.0567. The Bertz CT molecular complexity index is 541. The summed E-state index contributed by atoms with van der Waals surface area (Å²) in [5.74, 6) is 0.777. The fraction of sp³-hybridized carbons (Fsp3) is 0.571. The summed E-state index contributed by atoms with van der Waals surface area (Å²) in [6.07, 6.45) is 2.59. The van der Waals surface area contributed by atoms with Crippen molar-refractivity contribution < 1.29 is 13.2 Å². The molecular formula is C14H22N2O3S. The maximum atomic E-state index is 11.3. The van der Waals surface area contributed by atoms with Crippen LogP contribution in [-0.4, -0.2) is 28.2 Å². The van der Waals surface area contributed by atoms with Crippen molar-refractivity contribution in [2.75, 3.05) is 19.8 Å². The highest BCUT2D eigenvalue weighted by Gasteiger charge is 2.20. The topological polar surface area (TPSA) is 81.4 Å². The van der Waals surface area contributed by atoms with Gasteiger partial charge in [0.15, 0.2) is 0 Å². The number of nitrogens with one attached hydrogen (secondary N) is 1. The van der Waals surface area contributed by atoms with E-state index in [2.05, 4.69) is 5.32 Å². The van der Waals surface area contributed by atoms with Gasteiger partial charge in [-0.2, -0.15) is 0 Å². The van der Waals surface area contributed by atoms with E-state index in [0.29, 0.717) is 6.61 Å². The van der Waals surface area contributed by atoms with E-state index in [0.717, 1.165) is 24.6 Å². The summed E-state index contributed by atoms with van der Waals surface area (Å²) >= 11 is 0. The number of ether oxygens (including phenoxy) is 1. The van der Waals surface area contributed by atoms with Crippen LogP contribution in [0.1, 0.15) is 31.4 Å². The zero-order valence-corrected chi connectivity index (χ0v) is 12.5.